The van der Waals surface area contributed by atoms with E-state index in [1.807, 2.05) is 43.3 Å². The summed E-state index contributed by atoms with van der Waals surface area (Å²) < 4.78 is 6.62. The predicted octanol–water partition coefficient (Wildman–Crippen LogP) is 5.22. The number of aryl methyl sites for hydroxylation is 1. The summed E-state index contributed by atoms with van der Waals surface area (Å²) in [6, 6.07) is 11.5. The fourth-order valence-electron chi connectivity index (χ4n) is 1.82. The Balaban J connectivity index is 2.19. The van der Waals surface area contributed by atoms with E-state index >= 15 is 0 Å². The Morgan fingerprint density at radius 3 is 2.78 bits per heavy atom. The van der Waals surface area contributed by atoms with Crippen molar-refractivity contribution in [3.8, 4) is 11.5 Å². The number of aromatic nitrogens is 1. The molecule has 1 aromatic heterocycles. The fraction of sp³-hybridized carbons (Fsp3) is 0.0714. The second kappa shape index (κ2) is 4.41. The number of rotatable bonds is 1. The number of halogens is 2. The summed E-state index contributed by atoms with van der Waals surface area (Å²) in [6.45, 7) is 2.03. The Kier molecular flexibility index (Phi) is 2.88. The molecule has 0 N–H and O–H groups in total. The lowest BCUT2D eigenvalue weighted by Crippen LogP contribution is -1.79. The molecule has 90 valence electrons. The average molecular weight is 323 g/mol. The molecule has 3 rings (SSSR count). The van der Waals surface area contributed by atoms with Crippen molar-refractivity contribution in [2.24, 2.45) is 0 Å². The first-order valence-corrected chi connectivity index (χ1v) is 6.63. The van der Waals surface area contributed by atoms with Gasteiger partial charge in [0.15, 0.2) is 5.58 Å². The molecule has 0 aliphatic heterocycles. The first kappa shape index (κ1) is 11.8. The van der Waals surface area contributed by atoms with E-state index in [9.17, 15) is 0 Å². The maximum absolute atomic E-state index is 5.92. The number of hydrogen-bond donors (Lipinski definition) is 0. The van der Waals surface area contributed by atoms with Crippen molar-refractivity contribution < 1.29 is 4.42 Å². The highest BCUT2D eigenvalue weighted by Crippen LogP contribution is 2.32. The van der Waals surface area contributed by atoms with E-state index in [0.29, 0.717) is 10.9 Å². The Hall–Kier alpha value is -1.32. The molecule has 0 spiro atoms. The van der Waals surface area contributed by atoms with Crippen LogP contribution in [-0.2, 0) is 0 Å². The van der Waals surface area contributed by atoms with Crippen molar-refractivity contribution in [2.45, 2.75) is 6.92 Å². The van der Waals surface area contributed by atoms with Gasteiger partial charge in [0, 0.05) is 9.50 Å². The van der Waals surface area contributed by atoms with Crippen molar-refractivity contribution in [1.82, 2.24) is 4.98 Å². The molecular weight excluding hydrogens is 314 g/mol. The van der Waals surface area contributed by atoms with Gasteiger partial charge in [-0.2, -0.15) is 0 Å². The lowest BCUT2D eigenvalue weighted by atomic mass is 10.2. The van der Waals surface area contributed by atoms with Crippen LogP contribution in [0.15, 0.2) is 45.3 Å². The highest BCUT2D eigenvalue weighted by Gasteiger charge is 2.11. The molecule has 4 heteroatoms. The molecular formula is C14H9BrClNO. The zero-order chi connectivity index (χ0) is 12.7. The standard InChI is InChI=1S/C14H9BrClNO/c1-8-2-5-13-12(6-8)17-14(18-13)10-4-3-9(16)7-11(10)15/h2-7H,1H3. The quantitative estimate of drug-likeness (QED) is 0.614. The summed E-state index contributed by atoms with van der Waals surface area (Å²) >= 11 is 9.39. The molecule has 2 nitrogen and oxygen atoms in total. The van der Waals surface area contributed by atoms with E-state index in [4.69, 9.17) is 16.0 Å². The molecule has 0 aliphatic rings. The minimum absolute atomic E-state index is 0.596. The van der Waals surface area contributed by atoms with Gasteiger partial charge in [0.2, 0.25) is 5.89 Å². The van der Waals surface area contributed by atoms with Gasteiger partial charge in [-0.05, 0) is 58.7 Å². The van der Waals surface area contributed by atoms with Crippen LogP contribution < -0.4 is 0 Å². The Labute approximate surface area is 118 Å². The Morgan fingerprint density at radius 2 is 2.00 bits per heavy atom. The number of fused-ring (bicyclic) bond motifs is 1. The van der Waals surface area contributed by atoms with E-state index < -0.39 is 0 Å². The van der Waals surface area contributed by atoms with Gasteiger partial charge in [-0.1, -0.05) is 17.7 Å². The lowest BCUT2D eigenvalue weighted by Gasteiger charge is -1.99. The summed E-state index contributed by atoms with van der Waals surface area (Å²) in [5.41, 5.74) is 3.72. The van der Waals surface area contributed by atoms with E-state index in [-0.39, 0.29) is 0 Å². The van der Waals surface area contributed by atoms with Crippen LogP contribution in [0.25, 0.3) is 22.6 Å². The number of oxazole rings is 1. The van der Waals surface area contributed by atoms with E-state index in [2.05, 4.69) is 20.9 Å². The zero-order valence-electron chi connectivity index (χ0n) is 9.58. The summed E-state index contributed by atoms with van der Waals surface area (Å²) in [4.78, 5) is 4.49. The highest BCUT2D eigenvalue weighted by atomic mass is 79.9. The SMILES string of the molecule is Cc1ccc2oc(-c3ccc(Cl)cc3Br)nc2c1. The molecule has 2 aromatic carbocycles. The third-order valence-corrected chi connectivity index (χ3v) is 3.60. The van der Waals surface area contributed by atoms with Crippen molar-refractivity contribution in [2.75, 3.05) is 0 Å². The lowest BCUT2D eigenvalue weighted by molar-refractivity contribution is 0.619. The molecule has 0 saturated heterocycles. The van der Waals surface area contributed by atoms with E-state index in [1.165, 1.54) is 0 Å². The van der Waals surface area contributed by atoms with Gasteiger partial charge in [-0.25, -0.2) is 4.98 Å². The molecule has 18 heavy (non-hydrogen) atoms. The van der Waals surface area contributed by atoms with Crippen LogP contribution in [0.3, 0.4) is 0 Å². The topological polar surface area (TPSA) is 26.0 Å². The molecule has 0 fully saturated rings. The first-order chi connectivity index (χ1) is 8.63. The number of hydrogen-bond acceptors (Lipinski definition) is 2. The smallest absolute Gasteiger partial charge is 0.228 e. The summed E-state index contributed by atoms with van der Waals surface area (Å²) in [7, 11) is 0. The largest absolute Gasteiger partial charge is 0.436 e. The third kappa shape index (κ3) is 2.04. The van der Waals surface area contributed by atoms with Gasteiger partial charge in [-0.3, -0.25) is 0 Å². The minimum atomic E-state index is 0.596. The van der Waals surface area contributed by atoms with Crippen LogP contribution >= 0.6 is 27.5 Å². The van der Waals surface area contributed by atoms with Crippen molar-refractivity contribution in [3.05, 3.63) is 51.5 Å². The van der Waals surface area contributed by atoms with Crippen LogP contribution in [0, 0.1) is 6.92 Å². The molecule has 0 bridgehead atoms. The molecule has 3 aromatic rings. The maximum atomic E-state index is 5.92. The summed E-state index contributed by atoms with van der Waals surface area (Å²) in [5, 5.41) is 0.678. The molecule has 0 amide bonds. The second-order valence-electron chi connectivity index (χ2n) is 4.11. The third-order valence-electron chi connectivity index (χ3n) is 2.70. The van der Waals surface area contributed by atoms with Crippen LogP contribution in [0.5, 0.6) is 0 Å². The monoisotopic (exact) mass is 321 g/mol. The summed E-state index contributed by atoms with van der Waals surface area (Å²) in [5.74, 6) is 0.596. The van der Waals surface area contributed by atoms with Gasteiger partial charge >= 0.3 is 0 Å². The molecule has 0 unspecified atom stereocenters. The Bertz CT molecular complexity index is 736. The highest BCUT2D eigenvalue weighted by molar-refractivity contribution is 9.10. The van der Waals surface area contributed by atoms with Crippen LogP contribution in [-0.4, -0.2) is 4.98 Å². The molecule has 0 radical (unpaired) electrons. The zero-order valence-corrected chi connectivity index (χ0v) is 11.9. The van der Waals surface area contributed by atoms with Crippen molar-refractivity contribution in [1.29, 1.82) is 0 Å². The maximum Gasteiger partial charge on any atom is 0.228 e. The second-order valence-corrected chi connectivity index (χ2v) is 5.41. The van der Waals surface area contributed by atoms with Gasteiger partial charge < -0.3 is 4.42 Å². The van der Waals surface area contributed by atoms with Gasteiger partial charge in [0.1, 0.15) is 5.52 Å². The Morgan fingerprint density at radius 1 is 1.17 bits per heavy atom. The molecule has 0 saturated carbocycles. The molecule has 1 heterocycles. The average Bonchev–Trinajstić information content (AvgIpc) is 2.71. The number of benzene rings is 2. The van der Waals surface area contributed by atoms with Crippen molar-refractivity contribution >= 4 is 38.6 Å². The fourth-order valence-corrected chi connectivity index (χ4v) is 2.67. The van der Waals surface area contributed by atoms with Crippen LogP contribution in [0.4, 0.5) is 0 Å². The number of nitrogens with zero attached hydrogens (tertiary/aromatic N) is 1. The van der Waals surface area contributed by atoms with E-state index in [1.54, 1.807) is 0 Å². The van der Waals surface area contributed by atoms with Gasteiger partial charge in [0.25, 0.3) is 0 Å². The van der Waals surface area contributed by atoms with Crippen LogP contribution in [0.2, 0.25) is 5.02 Å². The first-order valence-electron chi connectivity index (χ1n) is 5.46. The predicted molar refractivity (Wildman–Crippen MR) is 76.9 cm³/mol. The van der Waals surface area contributed by atoms with E-state index in [0.717, 1.165) is 26.7 Å². The van der Waals surface area contributed by atoms with Crippen LogP contribution in [0.1, 0.15) is 5.56 Å². The normalized spacial score (nSPS) is 11.1. The van der Waals surface area contributed by atoms with Gasteiger partial charge in [-0.15, -0.1) is 0 Å². The van der Waals surface area contributed by atoms with Gasteiger partial charge in [0.05, 0.1) is 5.56 Å². The molecule has 0 atom stereocenters. The molecule has 0 aliphatic carbocycles. The van der Waals surface area contributed by atoms with Crippen molar-refractivity contribution in [3.63, 3.8) is 0 Å². The summed E-state index contributed by atoms with van der Waals surface area (Å²) in [6.07, 6.45) is 0. The minimum Gasteiger partial charge on any atom is -0.436 e.